The zero-order valence-corrected chi connectivity index (χ0v) is 16.4. The molecule has 0 fully saturated rings. The summed E-state index contributed by atoms with van der Waals surface area (Å²) in [7, 11) is 1.94. The van der Waals surface area contributed by atoms with E-state index in [-0.39, 0.29) is 0 Å². The summed E-state index contributed by atoms with van der Waals surface area (Å²) >= 11 is 0. The molecule has 0 aliphatic carbocycles. The van der Waals surface area contributed by atoms with Gasteiger partial charge in [0, 0.05) is 34.9 Å². The van der Waals surface area contributed by atoms with Gasteiger partial charge in [0.05, 0.1) is 25.0 Å². The molecule has 29 heavy (non-hydrogen) atoms. The molecule has 3 heterocycles. The maximum atomic E-state index is 7.29. The van der Waals surface area contributed by atoms with Crippen molar-refractivity contribution >= 4 is 27.6 Å². The van der Waals surface area contributed by atoms with Gasteiger partial charge in [0.1, 0.15) is 11.2 Å². The molecule has 0 radical (unpaired) electrons. The number of hydrogen-bond donors (Lipinski definition) is 0. The van der Waals surface area contributed by atoms with E-state index in [1.807, 2.05) is 46.9 Å². The molecule has 5 heteroatoms. The number of rotatable bonds is 2. The summed E-state index contributed by atoms with van der Waals surface area (Å²) in [6, 6.07) is 11.8. The summed E-state index contributed by atoms with van der Waals surface area (Å²) in [6.07, 6.45) is 9.07. The Morgan fingerprint density at radius 1 is 1.10 bits per heavy atom. The van der Waals surface area contributed by atoms with Crippen LogP contribution in [0.5, 0.6) is 0 Å². The highest BCUT2D eigenvalue weighted by molar-refractivity contribution is 6.10. The second-order valence-electron chi connectivity index (χ2n) is 7.30. The van der Waals surface area contributed by atoms with Crippen molar-refractivity contribution in [3.8, 4) is 16.9 Å². The number of aromatic nitrogens is 3. The van der Waals surface area contributed by atoms with Crippen LogP contribution >= 0.6 is 0 Å². The number of aryl methyl sites for hydroxylation is 3. The molecule has 0 unspecified atom stereocenters. The molecule has 2 aromatic carbocycles. The fourth-order valence-electron chi connectivity index (χ4n) is 3.57. The lowest BCUT2D eigenvalue weighted by Gasteiger charge is -2.09. The van der Waals surface area contributed by atoms with Crippen molar-refractivity contribution in [2.24, 2.45) is 7.05 Å². The van der Waals surface area contributed by atoms with Crippen LogP contribution in [0.15, 0.2) is 59.4 Å². The Kier molecular flexibility index (Phi) is 3.75. The second kappa shape index (κ2) is 6.32. The molecule has 0 aliphatic rings. The number of pyridine rings is 1. The fourth-order valence-corrected chi connectivity index (χ4v) is 3.57. The molecule has 0 N–H and O–H groups in total. The van der Waals surface area contributed by atoms with Crippen molar-refractivity contribution in [3.63, 3.8) is 0 Å². The standard InChI is InChI=1S/C24H18N4O/c1-15-9-22(26-13-16(15)2)21-12-18(28-8-7-27(4)14-28)11-20-19-6-5-17(25-3)10-23(19)29-24(20)21/h5-13H,1-2,4H3. The van der Waals surface area contributed by atoms with Gasteiger partial charge in [-0.3, -0.25) is 4.98 Å². The second-order valence-corrected chi connectivity index (χ2v) is 7.30. The number of furan rings is 1. The van der Waals surface area contributed by atoms with Crippen LogP contribution in [0, 0.1) is 26.7 Å². The predicted molar refractivity (Wildman–Crippen MR) is 112 cm³/mol. The van der Waals surface area contributed by atoms with Crippen LogP contribution < -0.4 is 4.57 Å². The lowest BCUT2D eigenvalue weighted by molar-refractivity contribution is -0.674. The first-order valence-corrected chi connectivity index (χ1v) is 9.31. The summed E-state index contributed by atoms with van der Waals surface area (Å²) in [4.78, 5) is 8.20. The molecule has 140 valence electrons. The minimum atomic E-state index is 0.563. The van der Waals surface area contributed by atoms with Gasteiger partial charge < -0.3 is 13.6 Å². The zero-order chi connectivity index (χ0) is 20.1. The topological polar surface area (TPSA) is 39.2 Å². The predicted octanol–water partition coefficient (Wildman–Crippen LogP) is 5.23. The molecule has 5 nitrogen and oxygen atoms in total. The van der Waals surface area contributed by atoms with Gasteiger partial charge in [-0.05, 0) is 49.2 Å². The minimum absolute atomic E-state index is 0.563. The summed E-state index contributed by atoms with van der Waals surface area (Å²) in [5.74, 6) is 0. The lowest BCUT2D eigenvalue weighted by Crippen LogP contribution is -2.24. The van der Waals surface area contributed by atoms with Gasteiger partial charge in [-0.1, -0.05) is 12.1 Å². The van der Waals surface area contributed by atoms with Crippen molar-refractivity contribution in [1.29, 1.82) is 0 Å². The SMILES string of the molecule is [C-]#[N+]c1ccc2c(c1)oc1c(-c3cc(C)c(C)cn3)cc(-n3[c-][n+](C)cc3)cc12. The van der Waals surface area contributed by atoms with Gasteiger partial charge in [-0.25, -0.2) is 4.85 Å². The molecule has 0 atom stereocenters. The highest BCUT2D eigenvalue weighted by Gasteiger charge is 2.16. The third-order valence-corrected chi connectivity index (χ3v) is 5.30. The molecule has 0 amide bonds. The van der Waals surface area contributed by atoms with E-state index in [1.165, 1.54) is 5.56 Å². The number of nitrogens with zero attached hydrogens (tertiary/aromatic N) is 4. The molecule has 3 aromatic heterocycles. The average Bonchev–Trinajstić information content (AvgIpc) is 3.32. The van der Waals surface area contributed by atoms with Gasteiger partial charge >= 0.3 is 0 Å². The van der Waals surface area contributed by atoms with E-state index < -0.39 is 0 Å². The van der Waals surface area contributed by atoms with Crippen LogP contribution in [0.25, 0.3) is 43.7 Å². The lowest BCUT2D eigenvalue weighted by atomic mass is 10.0. The third kappa shape index (κ3) is 2.77. The Balaban J connectivity index is 1.87. The maximum Gasteiger partial charge on any atom is 0.243 e. The van der Waals surface area contributed by atoms with E-state index in [4.69, 9.17) is 11.0 Å². The molecule has 0 bridgehead atoms. The third-order valence-electron chi connectivity index (χ3n) is 5.30. The Bertz CT molecular complexity index is 1450. The molecule has 5 aromatic rings. The zero-order valence-electron chi connectivity index (χ0n) is 16.4. The monoisotopic (exact) mass is 378 g/mol. The van der Waals surface area contributed by atoms with Crippen LogP contribution in [0.4, 0.5) is 5.69 Å². The van der Waals surface area contributed by atoms with E-state index >= 15 is 0 Å². The van der Waals surface area contributed by atoms with E-state index in [1.54, 1.807) is 6.07 Å². The maximum absolute atomic E-state index is 7.29. The van der Waals surface area contributed by atoms with Crippen LogP contribution in [-0.4, -0.2) is 9.55 Å². The fraction of sp³-hybridized carbons (Fsp3) is 0.125. The van der Waals surface area contributed by atoms with Crippen molar-refractivity contribution in [3.05, 3.63) is 83.9 Å². The highest BCUT2D eigenvalue weighted by Crippen LogP contribution is 2.38. The molecule has 0 saturated heterocycles. The summed E-state index contributed by atoms with van der Waals surface area (Å²) < 4.78 is 10.1. The molecule has 0 spiro atoms. The molecule has 0 saturated carbocycles. The van der Waals surface area contributed by atoms with Crippen molar-refractivity contribution in [1.82, 2.24) is 9.55 Å². The van der Waals surface area contributed by atoms with E-state index in [9.17, 15) is 0 Å². The van der Waals surface area contributed by atoms with Crippen LogP contribution in [0.2, 0.25) is 0 Å². The van der Waals surface area contributed by atoms with Crippen molar-refractivity contribution < 1.29 is 8.98 Å². The summed E-state index contributed by atoms with van der Waals surface area (Å²) in [5, 5.41) is 1.98. The van der Waals surface area contributed by atoms with Crippen molar-refractivity contribution in [2.45, 2.75) is 13.8 Å². The van der Waals surface area contributed by atoms with Crippen LogP contribution in [-0.2, 0) is 7.05 Å². The van der Waals surface area contributed by atoms with Crippen molar-refractivity contribution in [2.75, 3.05) is 0 Å². The first-order chi connectivity index (χ1) is 14.0. The smallest absolute Gasteiger partial charge is 0.243 e. The largest absolute Gasteiger partial charge is 0.457 e. The van der Waals surface area contributed by atoms with Crippen LogP contribution in [0.3, 0.4) is 0 Å². The normalized spacial score (nSPS) is 11.2. The average molecular weight is 378 g/mol. The van der Waals surface area contributed by atoms with Gasteiger partial charge in [0.2, 0.25) is 6.33 Å². The molecular weight excluding hydrogens is 360 g/mol. The summed E-state index contributed by atoms with van der Waals surface area (Å²) in [6.45, 7) is 11.4. The number of benzene rings is 2. The Labute approximate surface area is 168 Å². The Hall–Kier alpha value is -3.91. The van der Waals surface area contributed by atoms with E-state index in [2.05, 4.69) is 48.2 Å². The molecular formula is C24H18N4O. The quantitative estimate of drug-likeness (QED) is 0.312. The van der Waals surface area contributed by atoms with Crippen LogP contribution in [0.1, 0.15) is 11.1 Å². The Morgan fingerprint density at radius 3 is 2.69 bits per heavy atom. The number of fused-ring (bicyclic) bond motifs is 3. The minimum Gasteiger partial charge on any atom is -0.457 e. The number of imidazole rings is 1. The summed E-state index contributed by atoms with van der Waals surface area (Å²) in [5.41, 5.74) is 7.14. The number of hydrogen-bond acceptors (Lipinski definition) is 2. The Morgan fingerprint density at radius 2 is 1.97 bits per heavy atom. The van der Waals surface area contributed by atoms with Gasteiger partial charge in [0.25, 0.3) is 0 Å². The molecule has 5 rings (SSSR count). The molecule has 0 aliphatic heterocycles. The first-order valence-electron chi connectivity index (χ1n) is 9.31. The van der Waals surface area contributed by atoms with Gasteiger partial charge in [0.15, 0.2) is 5.69 Å². The van der Waals surface area contributed by atoms with Gasteiger partial charge in [-0.2, -0.15) is 0 Å². The van der Waals surface area contributed by atoms with E-state index in [0.717, 1.165) is 38.9 Å². The first kappa shape index (κ1) is 17.2. The van der Waals surface area contributed by atoms with E-state index in [0.29, 0.717) is 11.3 Å². The van der Waals surface area contributed by atoms with Gasteiger partial charge in [-0.15, -0.1) is 0 Å². The highest BCUT2D eigenvalue weighted by atomic mass is 16.3.